The maximum atomic E-state index is 2.40. The molecule has 4 heteroatoms. The van der Waals surface area contributed by atoms with Crippen LogP contribution in [0, 0.1) is 0 Å². The van der Waals surface area contributed by atoms with E-state index in [2.05, 4.69) is 51.1 Å². The van der Waals surface area contributed by atoms with Gasteiger partial charge >= 0.3 is 114 Å². The first-order chi connectivity index (χ1) is 8.24. The van der Waals surface area contributed by atoms with Crippen molar-refractivity contribution >= 4 is 41.1 Å². The summed E-state index contributed by atoms with van der Waals surface area (Å²) in [6.07, 6.45) is 8.31. The molecule has 0 radical (unpaired) electrons. The Morgan fingerprint density at radius 2 is 1.75 bits per heavy atom. The Kier molecular flexibility index (Phi) is 12.3. The van der Waals surface area contributed by atoms with Gasteiger partial charge in [0.25, 0.3) is 0 Å². The minimum Gasteiger partial charge on any atom is -0.147 e. The average molecular weight is 370 g/mol. The van der Waals surface area contributed by atoms with E-state index in [1.807, 2.05) is 0 Å². The summed E-state index contributed by atoms with van der Waals surface area (Å²) in [6.45, 7) is 6.76. The molecule has 0 aliphatic heterocycles. The third-order valence-corrected chi connectivity index (χ3v) is 5.55. The van der Waals surface area contributed by atoms with Crippen LogP contribution < -0.4 is 3.87 Å². The van der Waals surface area contributed by atoms with Crippen molar-refractivity contribution in [2.75, 3.05) is 0 Å². The minimum absolute atomic E-state index is 0. The number of allylic oxidation sites excluding steroid dienone is 4. The number of hydrogen-bond acceptors (Lipinski definition) is 0. The monoisotopic (exact) mass is 368 g/mol. The largest absolute Gasteiger partial charge is 0.147 e. The average Bonchev–Trinajstić information content (AvgIpc) is 2.74. The van der Waals surface area contributed by atoms with Gasteiger partial charge in [0.05, 0.1) is 0 Å². The van der Waals surface area contributed by atoms with Gasteiger partial charge < -0.3 is 0 Å². The van der Waals surface area contributed by atoms with Gasteiger partial charge in [0.2, 0.25) is 0 Å². The molecule has 2 rings (SSSR count). The zero-order valence-electron chi connectivity index (χ0n) is 12.2. The van der Waals surface area contributed by atoms with Crippen molar-refractivity contribution in [3.63, 3.8) is 0 Å². The van der Waals surface area contributed by atoms with Crippen molar-refractivity contribution in [3.8, 4) is 0 Å². The fourth-order valence-corrected chi connectivity index (χ4v) is 4.79. The van der Waals surface area contributed by atoms with E-state index in [1.165, 1.54) is 24.8 Å². The molecule has 0 saturated heterocycles. The Bertz CT molecular complexity index is 479. The molecule has 0 nitrogen and oxygen atoms in total. The standard InChI is InChI=1S/C10H13.C6H7.3ClH.Ti/c1-3-9-7-5-6-8-10(9)4-2;1-6-4-2-3-5-6;;;;/h5-7H,3-4H2,1-2H3;4-5H,2H2,1H3;3*1H;. The molecule has 0 amide bonds. The van der Waals surface area contributed by atoms with E-state index in [4.69, 9.17) is 0 Å². The van der Waals surface area contributed by atoms with Crippen LogP contribution in [0.3, 0.4) is 0 Å². The molecule has 0 heterocycles. The van der Waals surface area contributed by atoms with Gasteiger partial charge in [-0.15, -0.1) is 37.2 Å². The molecule has 0 spiro atoms. The molecule has 1 aliphatic carbocycles. The Balaban J connectivity index is 0. The molecule has 0 atom stereocenters. The van der Waals surface area contributed by atoms with Gasteiger partial charge in [-0.2, -0.15) is 0 Å². The normalized spacial score (nSPS) is 12.3. The van der Waals surface area contributed by atoms with Crippen molar-refractivity contribution in [1.29, 1.82) is 0 Å². The summed E-state index contributed by atoms with van der Waals surface area (Å²) in [7, 11) is 0. The van der Waals surface area contributed by atoms with Crippen molar-refractivity contribution in [3.05, 3.63) is 50.9 Å². The van der Waals surface area contributed by atoms with Crippen LogP contribution in [-0.2, 0) is 32.0 Å². The Labute approximate surface area is 150 Å². The van der Waals surface area contributed by atoms with Crippen LogP contribution in [0.4, 0.5) is 0 Å². The second kappa shape index (κ2) is 10.9. The SMILES string of the molecule is CCc1ccc[c]([Ti][C]2=CC(C)=CC2)c1CC.Cl.Cl.Cl. The quantitative estimate of drug-likeness (QED) is 0.654. The van der Waals surface area contributed by atoms with Gasteiger partial charge in [0.1, 0.15) is 0 Å². The summed E-state index contributed by atoms with van der Waals surface area (Å²) in [5.74, 6) is 0. The topological polar surface area (TPSA) is 0 Å². The Hall–Kier alpha value is 0.284. The molecule has 0 fully saturated rings. The Morgan fingerprint density at radius 1 is 1.05 bits per heavy atom. The van der Waals surface area contributed by atoms with Gasteiger partial charge in [0.15, 0.2) is 0 Å². The smallest absolute Gasteiger partial charge is 0.147 e. The summed E-state index contributed by atoms with van der Waals surface area (Å²) in [6, 6.07) is 6.89. The molecule has 0 bridgehead atoms. The summed E-state index contributed by atoms with van der Waals surface area (Å²) in [5.41, 5.74) is 4.63. The summed E-state index contributed by atoms with van der Waals surface area (Å²) in [4.78, 5) is 0. The zero-order chi connectivity index (χ0) is 12.3. The maximum absolute atomic E-state index is 2.40. The van der Waals surface area contributed by atoms with Crippen molar-refractivity contribution in [1.82, 2.24) is 0 Å². The number of rotatable bonds is 4. The first-order valence-corrected chi connectivity index (χ1v) is 8.05. The summed E-state index contributed by atoms with van der Waals surface area (Å²) in [5, 5.41) is 0. The van der Waals surface area contributed by atoms with Gasteiger partial charge in [-0.3, -0.25) is 0 Å². The van der Waals surface area contributed by atoms with E-state index in [0.717, 1.165) is 0 Å². The van der Waals surface area contributed by atoms with E-state index >= 15 is 0 Å². The van der Waals surface area contributed by atoms with Gasteiger partial charge in [-0.25, -0.2) is 0 Å². The van der Waals surface area contributed by atoms with Crippen molar-refractivity contribution in [2.45, 2.75) is 40.0 Å². The van der Waals surface area contributed by atoms with Crippen LogP contribution >= 0.6 is 37.2 Å². The first-order valence-electron chi connectivity index (χ1n) is 6.49. The van der Waals surface area contributed by atoms with E-state index in [-0.39, 0.29) is 56.4 Å². The maximum Gasteiger partial charge on any atom is -0.147 e. The van der Waals surface area contributed by atoms with Gasteiger partial charge in [-0.1, -0.05) is 0 Å². The van der Waals surface area contributed by atoms with Crippen LogP contribution in [0.25, 0.3) is 0 Å². The van der Waals surface area contributed by atoms with E-state index in [9.17, 15) is 0 Å². The van der Waals surface area contributed by atoms with Crippen LogP contribution in [0.1, 0.15) is 38.3 Å². The van der Waals surface area contributed by atoms with E-state index in [0.29, 0.717) is 0 Å². The fourth-order valence-electron chi connectivity index (χ4n) is 2.42. The number of benzene rings is 1. The van der Waals surface area contributed by atoms with Crippen LogP contribution in [0.2, 0.25) is 0 Å². The van der Waals surface area contributed by atoms with Crippen LogP contribution in [0.15, 0.2) is 39.8 Å². The molecule has 1 aromatic carbocycles. The molecule has 0 unspecified atom stereocenters. The second-order valence-electron chi connectivity index (χ2n) is 4.60. The van der Waals surface area contributed by atoms with E-state index < -0.39 is 0 Å². The summed E-state index contributed by atoms with van der Waals surface area (Å²) >= 11 is -0.0925. The number of aryl methyl sites for hydroxylation is 1. The first kappa shape index (κ1) is 22.6. The van der Waals surface area contributed by atoms with Crippen molar-refractivity contribution < 1.29 is 19.2 Å². The molecule has 112 valence electrons. The van der Waals surface area contributed by atoms with Crippen LogP contribution in [-0.4, -0.2) is 0 Å². The third-order valence-electron chi connectivity index (χ3n) is 3.35. The van der Waals surface area contributed by atoms with Gasteiger partial charge in [-0.05, 0) is 0 Å². The fraction of sp³-hybridized carbons (Fsp3) is 0.375. The minimum atomic E-state index is -0.0925. The predicted molar refractivity (Wildman–Crippen MR) is 93.0 cm³/mol. The molecule has 1 aromatic rings. The molecular weight excluding hydrogens is 346 g/mol. The van der Waals surface area contributed by atoms with E-state index in [1.54, 1.807) is 18.9 Å². The molecular formula is C16H23Cl3Ti. The van der Waals surface area contributed by atoms with Crippen molar-refractivity contribution in [2.24, 2.45) is 0 Å². The second-order valence-corrected chi connectivity index (χ2v) is 6.83. The Morgan fingerprint density at radius 3 is 2.25 bits per heavy atom. The number of halogens is 3. The molecule has 0 aromatic heterocycles. The predicted octanol–water partition coefficient (Wildman–Crippen LogP) is 5.02. The molecule has 20 heavy (non-hydrogen) atoms. The molecule has 1 aliphatic rings. The molecule has 0 saturated carbocycles. The summed E-state index contributed by atoms with van der Waals surface area (Å²) < 4.78 is 3.34. The van der Waals surface area contributed by atoms with Crippen LogP contribution in [0.5, 0.6) is 0 Å². The van der Waals surface area contributed by atoms with Gasteiger partial charge in [0, 0.05) is 0 Å². The third kappa shape index (κ3) is 5.58. The zero-order valence-corrected chi connectivity index (χ0v) is 16.2. The molecule has 0 N–H and O–H groups in total. The number of hydrogen-bond donors (Lipinski definition) is 0.